The Kier molecular flexibility index (Phi) is 1.91. The van der Waals surface area contributed by atoms with Gasteiger partial charge in [0.05, 0.1) is 12.9 Å². The first kappa shape index (κ1) is 10.2. The highest BCUT2D eigenvalue weighted by Crippen LogP contribution is 2.45. The fourth-order valence-electron chi connectivity index (χ4n) is 2.43. The first-order chi connectivity index (χ1) is 8.79. The molecule has 4 heterocycles. The summed E-state index contributed by atoms with van der Waals surface area (Å²) in [5, 5.41) is 9.16. The second-order valence-corrected chi connectivity index (χ2v) is 4.40. The van der Waals surface area contributed by atoms with Gasteiger partial charge in [-0.1, -0.05) is 0 Å². The molecule has 2 aliphatic heterocycles. The van der Waals surface area contributed by atoms with Gasteiger partial charge in [0.1, 0.15) is 30.2 Å². The summed E-state index contributed by atoms with van der Waals surface area (Å²) >= 11 is 0. The van der Waals surface area contributed by atoms with Crippen molar-refractivity contribution >= 4 is 17.0 Å². The fourth-order valence-corrected chi connectivity index (χ4v) is 2.43. The number of hydrogen-bond acceptors (Lipinski definition) is 7. The van der Waals surface area contributed by atoms with E-state index >= 15 is 0 Å². The predicted molar refractivity (Wildman–Crippen MR) is 59.4 cm³/mol. The van der Waals surface area contributed by atoms with Crippen LogP contribution >= 0.6 is 0 Å². The van der Waals surface area contributed by atoms with Crippen molar-refractivity contribution in [1.82, 2.24) is 19.5 Å². The van der Waals surface area contributed by atoms with Gasteiger partial charge in [0, 0.05) is 0 Å². The number of nitrogens with two attached hydrogens (primary N) is 1. The highest BCUT2D eigenvalue weighted by atomic mass is 16.7. The molecule has 0 unspecified atom stereocenters. The molecule has 4 atom stereocenters. The number of aliphatic hydroxyl groups is 1. The molecule has 2 saturated heterocycles. The van der Waals surface area contributed by atoms with Crippen LogP contribution in [-0.2, 0) is 9.47 Å². The van der Waals surface area contributed by atoms with Gasteiger partial charge in [0.2, 0.25) is 0 Å². The molecular weight excluding hydrogens is 238 g/mol. The van der Waals surface area contributed by atoms with E-state index in [0.29, 0.717) is 17.0 Å². The summed E-state index contributed by atoms with van der Waals surface area (Å²) in [7, 11) is 0. The van der Waals surface area contributed by atoms with Crippen LogP contribution < -0.4 is 5.73 Å². The average molecular weight is 249 g/mol. The Balaban J connectivity index is 1.78. The van der Waals surface area contributed by atoms with Crippen LogP contribution in [0.25, 0.3) is 11.2 Å². The van der Waals surface area contributed by atoms with E-state index in [0.717, 1.165) is 0 Å². The van der Waals surface area contributed by atoms with Crippen LogP contribution in [0.3, 0.4) is 0 Å². The zero-order valence-electron chi connectivity index (χ0n) is 9.30. The van der Waals surface area contributed by atoms with Gasteiger partial charge in [-0.05, 0) is 0 Å². The quantitative estimate of drug-likeness (QED) is 0.661. The Hall–Kier alpha value is -1.77. The Morgan fingerprint density at radius 1 is 1.28 bits per heavy atom. The van der Waals surface area contributed by atoms with Gasteiger partial charge in [0.25, 0.3) is 0 Å². The lowest BCUT2D eigenvalue weighted by Gasteiger charge is -2.17. The number of hydrogen-bond donors (Lipinski definition) is 2. The molecule has 2 fully saturated rings. The zero-order valence-corrected chi connectivity index (χ0v) is 9.30. The molecule has 8 heteroatoms. The molecule has 0 spiro atoms. The molecule has 8 nitrogen and oxygen atoms in total. The third kappa shape index (κ3) is 1.22. The van der Waals surface area contributed by atoms with Gasteiger partial charge >= 0.3 is 0 Å². The Morgan fingerprint density at radius 2 is 2.17 bits per heavy atom. The third-order valence-electron chi connectivity index (χ3n) is 3.36. The summed E-state index contributed by atoms with van der Waals surface area (Å²) in [6.07, 6.45) is 2.33. The van der Waals surface area contributed by atoms with E-state index in [4.69, 9.17) is 20.3 Å². The minimum Gasteiger partial charge on any atom is -0.394 e. The van der Waals surface area contributed by atoms with Crippen LogP contribution in [0.5, 0.6) is 0 Å². The number of nitrogens with zero attached hydrogens (tertiary/aromatic N) is 4. The minimum atomic E-state index is -0.313. The van der Waals surface area contributed by atoms with E-state index in [-0.39, 0.29) is 31.1 Å². The van der Waals surface area contributed by atoms with Crippen molar-refractivity contribution in [1.29, 1.82) is 0 Å². The Morgan fingerprint density at radius 3 is 2.94 bits per heavy atom. The Bertz CT molecular complexity index is 615. The molecule has 0 saturated carbocycles. The lowest BCUT2D eigenvalue weighted by atomic mass is 10.2. The maximum Gasteiger partial charge on any atom is 0.167 e. The number of aromatic nitrogens is 4. The molecule has 0 bridgehead atoms. The number of fused-ring (bicyclic) bond motifs is 2. The smallest absolute Gasteiger partial charge is 0.167 e. The summed E-state index contributed by atoms with van der Waals surface area (Å²) in [5.41, 5.74) is 6.89. The summed E-state index contributed by atoms with van der Waals surface area (Å²) in [5.74, 6) is 0.337. The van der Waals surface area contributed by atoms with E-state index in [1.807, 2.05) is 0 Å². The van der Waals surface area contributed by atoms with E-state index in [1.165, 1.54) is 6.33 Å². The van der Waals surface area contributed by atoms with Crippen LogP contribution in [0, 0.1) is 0 Å². The maximum absolute atomic E-state index is 9.16. The number of imidazole rings is 1. The average Bonchev–Trinajstić information content (AvgIpc) is 2.91. The highest BCUT2D eigenvalue weighted by Gasteiger charge is 2.58. The topological polar surface area (TPSA) is 112 Å². The lowest BCUT2D eigenvalue weighted by molar-refractivity contribution is -0.0823. The molecule has 0 aliphatic carbocycles. The molecule has 0 radical (unpaired) electrons. The summed E-state index contributed by atoms with van der Waals surface area (Å²) in [6.45, 7) is -0.0541. The number of rotatable bonds is 2. The van der Waals surface area contributed by atoms with Crippen molar-refractivity contribution in [3.63, 3.8) is 0 Å². The highest BCUT2D eigenvalue weighted by molar-refractivity contribution is 5.81. The molecule has 3 N–H and O–H groups in total. The molecular formula is C10H11N5O3. The summed E-state index contributed by atoms with van der Waals surface area (Å²) < 4.78 is 12.9. The summed E-state index contributed by atoms with van der Waals surface area (Å²) in [4.78, 5) is 12.2. The van der Waals surface area contributed by atoms with Crippen LogP contribution in [0.2, 0.25) is 0 Å². The molecule has 0 amide bonds. The number of anilines is 1. The third-order valence-corrected chi connectivity index (χ3v) is 3.36. The van der Waals surface area contributed by atoms with Crippen molar-refractivity contribution in [2.75, 3.05) is 12.3 Å². The van der Waals surface area contributed by atoms with Crippen molar-refractivity contribution in [2.24, 2.45) is 0 Å². The number of aliphatic hydroxyl groups excluding tert-OH is 1. The van der Waals surface area contributed by atoms with Gasteiger partial charge < -0.3 is 20.3 Å². The van der Waals surface area contributed by atoms with E-state index < -0.39 is 0 Å². The normalized spacial score (nSPS) is 33.8. The fraction of sp³-hybridized carbons (Fsp3) is 0.500. The largest absolute Gasteiger partial charge is 0.394 e. The molecule has 0 aromatic carbocycles. The molecule has 94 valence electrons. The van der Waals surface area contributed by atoms with Gasteiger partial charge in [-0.3, -0.25) is 4.57 Å². The van der Waals surface area contributed by atoms with Crippen molar-refractivity contribution in [2.45, 2.75) is 24.5 Å². The van der Waals surface area contributed by atoms with Crippen LogP contribution in [0.15, 0.2) is 12.7 Å². The SMILES string of the molecule is Nc1ncnc2c1ncn2[C@@H]1O[C@H](CO)[C@@H]2O[C@H]21. The maximum atomic E-state index is 9.16. The predicted octanol–water partition coefficient (Wildman–Crippen LogP) is -0.934. The molecule has 2 aromatic rings. The van der Waals surface area contributed by atoms with Crippen LogP contribution in [0.1, 0.15) is 6.23 Å². The summed E-state index contributed by atoms with van der Waals surface area (Å²) in [6, 6.07) is 0. The number of epoxide rings is 1. The Labute approximate surface area is 101 Å². The first-order valence-corrected chi connectivity index (χ1v) is 5.64. The lowest BCUT2D eigenvalue weighted by Crippen LogP contribution is -2.22. The molecule has 2 aliphatic rings. The van der Waals surface area contributed by atoms with E-state index in [2.05, 4.69) is 15.0 Å². The van der Waals surface area contributed by atoms with E-state index in [9.17, 15) is 0 Å². The standard InChI is InChI=1S/C10H11N5O3/c11-8-5-9(13-2-12-8)15(3-14-5)10-7-6(18-7)4(1-16)17-10/h2-4,6-7,10,16H,1H2,(H2,11,12,13)/t4-,6+,7-,10-/m1/s1. The van der Waals surface area contributed by atoms with Crippen molar-refractivity contribution in [3.8, 4) is 0 Å². The van der Waals surface area contributed by atoms with Gasteiger partial charge in [0.15, 0.2) is 17.7 Å². The molecule has 4 rings (SSSR count). The van der Waals surface area contributed by atoms with Crippen LogP contribution in [0.4, 0.5) is 5.82 Å². The monoisotopic (exact) mass is 249 g/mol. The minimum absolute atomic E-state index is 0.0309. The molecule has 2 aromatic heterocycles. The zero-order chi connectivity index (χ0) is 12.3. The van der Waals surface area contributed by atoms with Gasteiger partial charge in [-0.25, -0.2) is 15.0 Å². The second kappa shape index (κ2) is 3.37. The van der Waals surface area contributed by atoms with Gasteiger partial charge in [-0.2, -0.15) is 0 Å². The van der Waals surface area contributed by atoms with Gasteiger partial charge in [-0.15, -0.1) is 0 Å². The van der Waals surface area contributed by atoms with E-state index in [1.54, 1.807) is 10.9 Å². The second-order valence-electron chi connectivity index (χ2n) is 4.40. The number of nitrogen functional groups attached to an aromatic ring is 1. The first-order valence-electron chi connectivity index (χ1n) is 5.64. The molecule has 18 heavy (non-hydrogen) atoms. The van der Waals surface area contributed by atoms with Crippen LogP contribution in [-0.4, -0.2) is 49.5 Å². The van der Waals surface area contributed by atoms with Crippen molar-refractivity contribution < 1.29 is 14.6 Å². The number of ether oxygens (including phenoxy) is 2. The van der Waals surface area contributed by atoms with Crippen molar-refractivity contribution in [3.05, 3.63) is 12.7 Å².